The number of para-hydroxylation sites is 1. The van der Waals surface area contributed by atoms with Crippen LogP contribution >= 0.6 is 22.6 Å². The molecule has 1 aromatic carbocycles. The van der Waals surface area contributed by atoms with Crippen molar-refractivity contribution < 1.29 is 4.74 Å². The molecule has 1 aromatic rings. The van der Waals surface area contributed by atoms with E-state index in [1.54, 1.807) is 0 Å². The number of rotatable bonds is 4. The van der Waals surface area contributed by atoms with Gasteiger partial charge in [-0.05, 0) is 47.6 Å². The van der Waals surface area contributed by atoms with Crippen LogP contribution in [0.15, 0.2) is 18.2 Å². The first-order valence-electron chi connectivity index (χ1n) is 4.28. The van der Waals surface area contributed by atoms with Gasteiger partial charge < -0.3 is 4.74 Å². The first-order chi connectivity index (χ1) is 6.25. The highest BCUT2D eigenvalue weighted by molar-refractivity contribution is 14.1. The van der Waals surface area contributed by atoms with Crippen molar-refractivity contribution >= 4 is 32.8 Å². The van der Waals surface area contributed by atoms with Gasteiger partial charge in [-0.1, -0.05) is 18.2 Å². The Morgan fingerprint density at radius 3 is 2.85 bits per heavy atom. The molecular formula is C10H12IOSi. The summed E-state index contributed by atoms with van der Waals surface area (Å²) in [6.07, 6.45) is 1.04. The number of ether oxygens (including phenoxy) is 1. The highest BCUT2D eigenvalue weighted by Gasteiger charge is 2.02. The molecule has 0 saturated heterocycles. The van der Waals surface area contributed by atoms with Crippen LogP contribution in [0.3, 0.4) is 0 Å². The maximum Gasteiger partial charge on any atom is 0.135 e. The molecule has 3 heteroatoms. The molecule has 1 nitrogen and oxygen atoms in total. The summed E-state index contributed by atoms with van der Waals surface area (Å²) in [5, 5.41) is 0. The molecule has 0 N–H and O–H groups in total. The van der Waals surface area contributed by atoms with Gasteiger partial charge in [0.15, 0.2) is 0 Å². The van der Waals surface area contributed by atoms with Gasteiger partial charge in [-0.2, -0.15) is 0 Å². The van der Waals surface area contributed by atoms with E-state index in [1.807, 2.05) is 6.07 Å². The van der Waals surface area contributed by atoms with Crippen molar-refractivity contribution in [2.45, 2.75) is 19.4 Å². The lowest BCUT2D eigenvalue weighted by Gasteiger charge is -2.09. The third-order valence-corrected chi connectivity index (χ3v) is 2.93. The maximum atomic E-state index is 5.67. The fourth-order valence-corrected chi connectivity index (χ4v) is 1.98. The van der Waals surface area contributed by atoms with Crippen molar-refractivity contribution in [3.05, 3.63) is 27.3 Å². The average Bonchev–Trinajstić information content (AvgIpc) is 2.10. The molecule has 13 heavy (non-hydrogen) atoms. The van der Waals surface area contributed by atoms with Crippen molar-refractivity contribution in [2.75, 3.05) is 6.61 Å². The summed E-state index contributed by atoms with van der Waals surface area (Å²) >= 11 is 2.30. The fraction of sp³-hybridized carbons (Fsp3) is 0.400. The molecule has 1 rings (SSSR count). The van der Waals surface area contributed by atoms with E-state index < -0.39 is 0 Å². The van der Waals surface area contributed by atoms with Crippen molar-refractivity contribution in [2.24, 2.45) is 0 Å². The molecule has 3 radical (unpaired) electrons. The number of halogens is 1. The van der Waals surface area contributed by atoms with E-state index >= 15 is 0 Å². The molecule has 0 fully saturated rings. The van der Waals surface area contributed by atoms with Gasteiger partial charge in [0, 0.05) is 10.2 Å². The lowest BCUT2D eigenvalue weighted by molar-refractivity contribution is 0.313. The van der Waals surface area contributed by atoms with Gasteiger partial charge in [-0.3, -0.25) is 0 Å². The Hall–Kier alpha value is -0.0331. The number of benzene rings is 1. The van der Waals surface area contributed by atoms with E-state index in [9.17, 15) is 0 Å². The number of aryl methyl sites for hydroxylation is 1. The zero-order chi connectivity index (χ0) is 9.68. The van der Waals surface area contributed by atoms with Gasteiger partial charge in [0.05, 0.1) is 10.2 Å². The van der Waals surface area contributed by atoms with Crippen molar-refractivity contribution in [1.82, 2.24) is 0 Å². The second-order valence-corrected chi connectivity index (χ2v) is 4.50. The van der Waals surface area contributed by atoms with Crippen LogP contribution in [0.1, 0.15) is 12.0 Å². The Bertz CT molecular complexity index is 255. The predicted molar refractivity (Wildman–Crippen MR) is 64.6 cm³/mol. The van der Waals surface area contributed by atoms with E-state index in [1.165, 1.54) is 9.13 Å². The summed E-state index contributed by atoms with van der Waals surface area (Å²) in [4.78, 5) is 0. The zero-order valence-electron chi connectivity index (χ0n) is 7.64. The minimum Gasteiger partial charge on any atom is -0.492 e. The average molecular weight is 303 g/mol. The quantitative estimate of drug-likeness (QED) is 0.472. The lowest BCUT2D eigenvalue weighted by Crippen LogP contribution is -2.00. The molecule has 0 unspecified atom stereocenters. The molecule has 0 amide bonds. The fourth-order valence-electron chi connectivity index (χ4n) is 1.05. The highest BCUT2D eigenvalue weighted by atomic mass is 127. The summed E-state index contributed by atoms with van der Waals surface area (Å²) in [7, 11) is 3.42. The van der Waals surface area contributed by atoms with Gasteiger partial charge in [-0.15, -0.1) is 0 Å². The van der Waals surface area contributed by atoms with E-state index in [0.29, 0.717) is 0 Å². The van der Waals surface area contributed by atoms with Crippen LogP contribution in [0.2, 0.25) is 6.04 Å². The summed E-state index contributed by atoms with van der Waals surface area (Å²) in [6, 6.07) is 7.18. The van der Waals surface area contributed by atoms with Crippen LogP contribution in [-0.4, -0.2) is 16.8 Å². The van der Waals surface area contributed by atoms with Crippen LogP contribution in [-0.2, 0) is 0 Å². The Labute approximate surface area is 96.4 Å². The third-order valence-electron chi connectivity index (χ3n) is 1.73. The smallest absolute Gasteiger partial charge is 0.135 e. The number of hydrogen-bond donors (Lipinski definition) is 0. The summed E-state index contributed by atoms with van der Waals surface area (Å²) < 4.78 is 6.86. The Kier molecular flexibility index (Phi) is 4.80. The van der Waals surface area contributed by atoms with E-state index in [-0.39, 0.29) is 0 Å². The van der Waals surface area contributed by atoms with E-state index in [2.05, 4.69) is 51.9 Å². The zero-order valence-corrected chi connectivity index (χ0v) is 10.8. The molecule has 0 atom stereocenters. The lowest BCUT2D eigenvalue weighted by atomic mass is 10.2. The topological polar surface area (TPSA) is 9.23 Å². The van der Waals surface area contributed by atoms with Gasteiger partial charge in [0.25, 0.3) is 0 Å². The second-order valence-electron chi connectivity index (χ2n) is 2.84. The monoisotopic (exact) mass is 303 g/mol. The Morgan fingerprint density at radius 1 is 1.46 bits per heavy atom. The van der Waals surface area contributed by atoms with Crippen LogP contribution in [0.25, 0.3) is 0 Å². The standard InChI is InChI=1S/C10H12IOSi/c1-8-4-2-5-9(11)10(8)12-6-3-7-13/h2,4-5H,3,6-7H2,1H3. The van der Waals surface area contributed by atoms with Crippen LogP contribution < -0.4 is 4.74 Å². The molecule has 0 aliphatic carbocycles. The normalized spacial score (nSPS) is 10.1. The van der Waals surface area contributed by atoms with Gasteiger partial charge in [-0.25, -0.2) is 0 Å². The minimum absolute atomic E-state index is 0.782. The molecule has 69 valence electrons. The molecule has 0 bridgehead atoms. The van der Waals surface area contributed by atoms with Crippen LogP contribution in [0.5, 0.6) is 5.75 Å². The largest absolute Gasteiger partial charge is 0.492 e. The second kappa shape index (κ2) is 5.65. The highest BCUT2D eigenvalue weighted by Crippen LogP contribution is 2.24. The van der Waals surface area contributed by atoms with E-state index in [4.69, 9.17) is 4.74 Å². The molecule has 0 heterocycles. The van der Waals surface area contributed by atoms with Gasteiger partial charge in [0.1, 0.15) is 5.75 Å². The molecule has 0 saturated carbocycles. The van der Waals surface area contributed by atoms with Gasteiger partial charge in [0.2, 0.25) is 0 Å². The first kappa shape index (κ1) is 11.0. The molecule has 0 spiro atoms. The van der Waals surface area contributed by atoms with Crippen molar-refractivity contribution in [3.63, 3.8) is 0 Å². The molecular weight excluding hydrogens is 291 g/mol. The molecule has 0 aliphatic rings. The predicted octanol–water partition coefficient (Wildman–Crippen LogP) is 2.96. The van der Waals surface area contributed by atoms with Crippen molar-refractivity contribution in [3.8, 4) is 5.75 Å². The first-order valence-corrected chi connectivity index (χ1v) is 6.07. The van der Waals surface area contributed by atoms with E-state index in [0.717, 1.165) is 24.8 Å². The third kappa shape index (κ3) is 3.30. The number of hydrogen-bond acceptors (Lipinski definition) is 1. The summed E-state index contributed by atoms with van der Waals surface area (Å²) in [5.74, 6) is 1.03. The van der Waals surface area contributed by atoms with Crippen LogP contribution in [0.4, 0.5) is 0 Å². The molecule has 0 aromatic heterocycles. The SMILES string of the molecule is Cc1cccc(I)c1OCCC[Si]. The minimum atomic E-state index is 0.782. The summed E-state index contributed by atoms with van der Waals surface area (Å²) in [6.45, 7) is 2.86. The van der Waals surface area contributed by atoms with Crippen LogP contribution in [0, 0.1) is 10.5 Å². The van der Waals surface area contributed by atoms with Crippen molar-refractivity contribution in [1.29, 1.82) is 0 Å². The summed E-state index contributed by atoms with van der Waals surface area (Å²) in [5.41, 5.74) is 1.21. The van der Waals surface area contributed by atoms with Gasteiger partial charge >= 0.3 is 0 Å². The Balaban J connectivity index is 2.64. The molecule has 0 aliphatic heterocycles. The maximum absolute atomic E-state index is 5.67. The Morgan fingerprint density at radius 2 is 2.23 bits per heavy atom.